The van der Waals surface area contributed by atoms with E-state index in [1.165, 1.54) is 24.3 Å². The summed E-state index contributed by atoms with van der Waals surface area (Å²) in [4.78, 5) is 10.4. The molecule has 0 amide bonds. The van der Waals surface area contributed by atoms with Gasteiger partial charge in [-0.25, -0.2) is 4.39 Å². The second kappa shape index (κ2) is 10.4. The van der Waals surface area contributed by atoms with Crippen LogP contribution in [0.2, 0.25) is 0 Å². The predicted molar refractivity (Wildman–Crippen MR) is 106 cm³/mol. The van der Waals surface area contributed by atoms with Gasteiger partial charge in [0, 0.05) is 30.3 Å². The minimum absolute atomic E-state index is 0.0277. The summed E-state index contributed by atoms with van der Waals surface area (Å²) in [5.41, 5.74) is 6.70. The molecule has 152 valence electrons. The van der Waals surface area contributed by atoms with Crippen LogP contribution in [0.25, 0.3) is 0 Å². The Bertz CT molecular complexity index is 942. The van der Waals surface area contributed by atoms with Crippen molar-refractivity contribution in [3.05, 3.63) is 63.5 Å². The van der Waals surface area contributed by atoms with Crippen LogP contribution in [0.1, 0.15) is 43.9 Å². The molecular formula is C20H22FN5O3. The Labute approximate surface area is 168 Å². The molecule has 2 atom stereocenters. The number of nitrogens with zero attached hydrogens (tertiary/aromatic N) is 4. The van der Waals surface area contributed by atoms with Gasteiger partial charge in [0.1, 0.15) is 11.9 Å². The van der Waals surface area contributed by atoms with Crippen LogP contribution in [-0.2, 0) is 4.74 Å². The fourth-order valence-corrected chi connectivity index (χ4v) is 2.86. The number of azo groups is 1. The third-order valence-electron chi connectivity index (χ3n) is 4.30. The van der Waals surface area contributed by atoms with E-state index in [1.54, 1.807) is 6.07 Å². The second-order valence-electron chi connectivity index (χ2n) is 6.39. The number of nitrogens with two attached hydrogens (primary N) is 1. The molecule has 0 bridgehead atoms. The van der Waals surface area contributed by atoms with Gasteiger partial charge >= 0.3 is 0 Å². The van der Waals surface area contributed by atoms with Crippen LogP contribution in [0, 0.1) is 27.3 Å². The fourth-order valence-electron chi connectivity index (χ4n) is 2.86. The van der Waals surface area contributed by atoms with Gasteiger partial charge in [-0.1, -0.05) is 6.07 Å². The van der Waals surface area contributed by atoms with Crippen molar-refractivity contribution in [2.24, 2.45) is 16.0 Å². The molecule has 0 aliphatic heterocycles. The number of nitro groups is 1. The Hall–Kier alpha value is -3.22. The summed E-state index contributed by atoms with van der Waals surface area (Å²) < 4.78 is 19.6. The highest BCUT2D eigenvalue weighted by atomic mass is 19.1. The van der Waals surface area contributed by atoms with E-state index in [2.05, 4.69) is 10.2 Å². The fraction of sp³-hybridized carbons (Fsp3) is 0.350. The monoisotopic (exact) mass is 399 g/mol. The Morgan fingerprint density at radius 1 is 1.31 bits per heavy atom. The number of non-ortho nitro benzene ring substituents is 1. The Morgan fingerprint density at radius 2 is 2.07 bits per heavy atom. The first-order valence-corrected chi connectivity index (χ1v) is 9.13. The molecule has 0 fully saturated rings. The zero-order valence-electron chi connectivity index (χ0n) is 16.2. The molecule has 8 nitrogen and oxygen atoms in total. The molecule has 0 heterocycles. The first-order valence-electron chi connectivity index (χ1n) is 9.13. The van der Waals surface area contributed by atoms with Crippen molar-refractivity contribution >= 4 is 17.1 Å². The molecule has 0 saturated heterocycles. The topological polar surface area (TPSA) is 127 Å². The van der Waals surface area contributed by atoms with E-state index in [9.17, 15) is 19.8 Å². The summed E-state index contributed by atoms with van der Waals surface area (Å²) in [5, 5.41) is 28.4. The minimum Gasteiger partial charge on any atom is -0.379 e. The molecule has 0 aromatic heterocycles. The van der Waals surface area contributed by atoms with Crippen molar-refractivity contribution in [2.45, 2.75) is 38.8 Å². The van der Waals surface area contributed by atoms with Gasteiger partial charge in [-0.3, -0.25) is 10.1 Å². The first kappa shape index (κ1) is 22.1. The van der Waals surface area contributed by atoms with E-state index in [4.69, 9.17) is 10.5 Å². The van der Waals surface area contributed by atoms with Crippen molar-refractivity contribution in [1.29, 1.82) is 5.26 Å². The van der Waals surface area contributed by atoms with Gasteiger partial charge in [0.25, 0.3) is 5.69 Å². The molecule has 0 aliphatic carbocycles. The van der Waals surface area contributed by atoms with E-state index < -0.39 is 16.8 Å². The lowest BCUT2D eigenvalue weighted by molar-refractivity contribution is -0.384. The number of ether oxygens (including phenoxy) is 1. The lowest BCUT2D eigenvalue weighted by Crippen LogP contribution is -2.17. The van der Waals surface area contributed by atoms with E-state index >= 15 is 0 Å². The lowest BCUT2D eigenvalue weighted by atomic mass is 9.95. The number of hydrogen-bond acceptors (Lipinski definition) is 7. The van der Waals surface area contributed by atoms with Crippen LogP contribution in [0.4, 0.5) is 21.5 Å². The van der Waals surface area contributed by atoms with E-state index in [0.29, 0.717) is 19.4 Å². The minimum atomic E-state index is -0.690. The normalized spacial score (nSPS) is 13.2. The van der Waals surface area contributed by atoms with Crippen LogP contribution >= 0.6 is 0 Å². The number of rotatable bonds is 9. The molecular weight excluding hydrogens is 377 g/mol. The highest BCUT2D eigenvalue weighted by Gasteiger charge is 2.20. The number of nitriles is 1. The van der Waals surface area contributed by atoms with Gasteiger partial charge in [-0.15, -0.1) is 0 Å². The lowest BCUT2D eigenvalue weighted by Gasteiger charge is -2.18. The van der Waals surface area contributed by atoms with Crippen LogP contribution in [0.15, 0.2) is 46.6 Å². The summed E-state index contributed by atoms with van der Waals surface area (Å²) in [7, 11) is 0. The summed E-state index contributed by atoms with van der Waals surface area (Å²) in [6.07, 6.45) is 1.05. The quantitative estimate of drug-likeness (QED) is 0.351. The summed E-state index contributed by atoms with van der Waals surface area (Å²) in [6.45, 7) is 4.38. The molecule has 29 heavy (non-hydrogen) atoms. The van der Waals surface area contributed by atoms with Gasteiger partial charge in [-0.05, 0) is 44.9 Å². The maximum absolute atomic E-state index is 14.2. The number of nitro benzene ring substituents is 1. The van der Waals surface area contributed by atoms with E-state index in [0.717, 1.165) is 6.07 Å². The number of halogens is 1. The molecule has 0 radical (unpaired) electrons. The third kappa shape index (κ3) is 5.88. The summed E-state index contributed by atoms with van der Waals surface area (Å²) >= 11 is 0. The largest absolute Gasteiger partial charge is 0.379 e. The molecule has 9 heteroatoms. The van der Waals surface area contributed by atoms with E-state index in [-0.39, 0.29) is 34.3 Å². The van der Waals surface area contributed by atoms with Gasteiger partial charge in [0.15, 0.2) is 0 Å². The Kier molecular flexibility index (Phi) is 7.88. The zero-order valence-corrected chi connectivity index (χ0v) is 16.2. The number of benzene rings is 2. The zero-order chi connectivity index (χ0) is 21.4. The van der Waals surface area contributed by atoms with Crippen molar-refractivity contribution in [1.82, 2.24) is 0 Å². The molecule has 0 aliphatic rings. The summed E-state index contributed by atoms with van der Waals surface area (Å²) in [5.74, 6) is -0.690. The molecule has 2 unspecified atom stereocenters. The average molecular weight is 399 g/mol. The predicted octanol–water partition coefficient (Wildman–Crippen LogP) is 5.23. The smallest absolute Gasteiger partial charge is 0.271 e. The molecule has 2 aromatic rings. The maximum Gasteiger partial charge on any atom is 0.271 e. The Balaban J connectivity index is 2.36. The van der Waals surface area contributed by atoms with Gasteiger partial charge in [-0.2, -0.15) is 15.5 Å². The van der Waals surface area contributed by atoms with E-state index in [1.807, 2.05) is 19.9 Å². The maximum atomic E-state index is 14.2. The van der Waals surface area contributed by atoms with Crippen molar-refractivity contribution in [3.8, 4) is 6.07 Å². The second-order valence-corrected chi connectivity index (χ2v) is 6.39. The molecule has 2 aromatic carbocycles. The van der Waals surface area contributed by atoms with Gasteiger partial charge in [0.05, 0.1) is 28.0 Å². The van der Waals surface area contributed by atoms with Crippen LogP contribution < -0.4 is 5.73 Å². The number of hydrogen-bond donors (Lipinski definition) is 1. The summed E-state index contributed by atoms with van der Waals surface area (Å²) in [6, 6.07) is 9.34. The highest BCUT2D eigenvalue weighted by Crippen LogP contribution is 2.33. The molecule has 2 N–H and O–H groups in total. The van der Waals surface area contributed by atoms with Gasteiger partial charge < -0.3 is 10.5 Å². The van der Waals surface area contributed by atoms with Crippen molar-refractivity contribution < 1.29 is 14.1 Å². The molecule has 0 saturated carbocycles. The highest BCUT2D eigenvalue weighted by molar-refractivity contribution is 5.57. The van der Waals surface area contributed by atoms with Crippen LogP contribution in [0.3, 0.4) is 0 Å². The van der Waals surface area contributed by atoms with Crippen LogP contribution in [0.5, 0.6) is 0 Å². The Morgan fingerprint density at radius 3 is 2.72 bits per heavy atom. The molecule has 0 spiro atoms. The third-order valence-corrected chi connectivity index (χ3v) is 4.30. The SMILES string of the molecule is CCOC(C)CCC(N)c1c(N=Nc2cccc([N+](=O)[O-])c2)ccc(F)c1C#N. The van der Waals surface area contributed by atoms with Crippen LogP contribution in [-0.4, -0.2) is 17.6 Å². The first-order chi connectivity index (χ1) is 13.9. The standard InChI is InChI=1S/C20H22FN5O3/c1-3-29-13(2)7-9-18(23)20-16(12-22)17(21)8-10-19(20)25-24-14-5-4-6-15(11-14)26(27)28/h4-6,8,10-11,13,18H,3,7,9,23H2,1-2H3. The van der Waals surface area contributed by atoms with Gasteiger partial charge in [0.2, 0.25) is 0 Å². The van der Waals surface area contributed by atoms with Crippen molar-refractivity contribution in [3.63, 3.8) is 0 Å². The molecule has 2 rings (SSSR count). The average Bonchev–Trinajstić information content (AvgIpc) is 2.71. The van der Waals surface area contributed by atoms with Crippen molar-refractivity contribution in [2.75, 3.05) is 6.61 Å².